The van der Waals surface area contributed by atoms with Gasteiger partial charge in [0.05, 0.1) is 17.4 Å². The molecule has 2 amide bonds. The first-order valence-corrected chi connectivity index (χ1v) is 6.47. The molecule has 6 nitrogen and oxygen atoms in total. The monoisotopic (exact) mass is 268 g/mol. The van der Waals surface area contributed by atoms with Gasteiger partial charge in [0.25, 0.3) is 0 Å². The van der Waals surface area contributed by atoms with Crippen molar-refractivity contribution >= 4 is 11.7 Å². The molecule has 6 heteroatoms. The highest BCUT2D eigenvalue weighted by Crippen LogP contribution is 2.15. The summed E-state index contributed by atoms with van der Waals surface area (Å²) in [4.78, 5) is 11.8. The summed E-state index contributed by atoms with van der Waals surface area (Å²) in [6.07, 6.45) is 3.41. The smallest absolute Gasteiger partial charge is 0.319 e. The Morgan fingerprint density at radius 1 is 1.47 bits per heavy atom. The molecule has 2 atom stereocenters. The molecular weight excluding hydrogens is 244 g/mol. The second-order valence-corrected chi connectivity index (χ2v) is 5.89. The molecule has 108 valence electrons. The highest BCUT2D eigenvalue weighted by Gasteiger charge is 2.16. The van der Waals surface area contributed by atoms with E-state index in [1.54, 1.807) is 17.1 Å². The van der Waals surface area contributed by atoms with E-state index >= 15 is 0 Å². The Balaban J connectivity index is 2.56. The molecule has 0 saturated carbocycles. The summed E-state index contributed by atoms with van der Waals surface area (Å²) in [6, 6.07) is -0.385. The van der Waals surface area contributed by atoms with E-state index in [0.717, 1.165) is 0 Å². The average molecular weight is 268 g/mol. The minimum Gasteiger partial charge on any atom is -0.396 e. The Morgan fingerprint density at radius 3 is 2.58 bits per heavy atom. The fourth-order valence-corrected chi connectivity index (χ4v) is 1.43. The van der Waals surface area contributed by atoms with Gasteiger partial charge in [-0.1, -0.05) is 6.92 Å². The topological polar surface area (TPSA) is 79.2 Å². The molecule has 0 radical (unpaired) electrons. The Labute approximate surface area is 114 Å². The maximum absolute atomic E-state index is 11.8. The minimum atomic E-state index is -0.291. The summed E-state index contributed by atoms with van der Waals surface area (Å²) in [5, 5.41) is 18.7. The fourth-order valence-electron chi connectivity index (χ4n) is 1.43. The molecule has 0 aliphatic heterocycles. The van der Waals surface area contributed by atoms with Crippen molar-refractivity contribution in [1.82, 2.24) is 15.1 Å². The van der Waals surface area contributed by atoms with Crippen molar-refractivity contribution in [1.29, 1.82) is 0 Å². The summed E-state index contributed by atoms with van der Waals surface area (Å²) < 4.78 is 1.79. The quantitative estimate of drug-likeness (QED) is 0.778. The van der Waals surface area contributed by atoms with Gasteiger partial charge >= 0.3 is 6.03 Å². The van der Waals surface area contributed by atoms with E-state index in [-0.39, 0.29) is 30.1 Å². The van der Waals surface area contributed by atoms with Gasteiger partial charge in [0.15, 0.2) is 0 Å². The highest BCUT2D eigenvalue weighted by atomic mass is 16.3. The SMILES string of the molecule is CC(CO)C(C)NC(=O)Nc1cnn(C(C)(C)C)c1. The van der Waals surface area contributed by atoms with Crippen LogP contribution in [0.25, 0.3) is 0 Å². The predicted molar refractivity (Wildman–Crippen MR) is 75.1 cm³/mol. The number of aromatic nitrogens is 2. The number of amides is 2. The van der Waals surface area contributed by atoms with Crippen LogP contribution < -0.4 is 10.6 Å². The largest absolute Gasteiger partial charge is 0.396 e. The van der Waals surface area contributed by atoms with Gasteiger partial charge in [-0.3, -0.25) is 4.68 Å². The Kier molecular flexibility index (Phi) is 4.94. The zero-order valence-electron chi connectivity index (χ0n) is 12.3. The van der Waals surface area contributed by atoms with E-state index in [4.69, 9.17) is 5.11 Å². The second-order valence-electron chi connectivity index (χ2n) is 5.89. The molecule has 1 aromatic heterocycles. The van der Waals surface area contributed by atoms with E-state index < -0.39 is 0 Å². The van der Waals surface area contributed by atoms with Crippen molar-refractivity contribution in [3.05, 3.63) is 12.4 Å². The van der Waals surface area contributed by atoms with E-state index in [1.165, 1.54) is 0 Å². The van der Waals surface area contributed by atoms with Gasteiger partial charge in [0.1, 0.15) is 0 Å². The highest BCUT2D eigenvalue weighted by molar-refractivity contribution is 5.89. The zero-order valence-corrected chi connectivity index (χ0v) is 12.3. The molecular formula is C13H24N4O2. The van der Waals surface area contributed by atoms with Crippen LogP contribution in [0.3, 0.4) is 0 Å². The number of hydrogen-bond donors (Lipinski definition) is 3. The first-order chi connectivity index (χ1) is 8.74. The number of hydrogen-bond acceptors (Lipinski definition) is 3. The number of nitrogens with one attached hydrogen (secondary N) is 2. The molecule has 2 unspecified atom stereocenters. The van der Waals surface area contributed by atoms with Gasteiger partial charge in [-0.25, -0.2) is 4.79 Å². The predicted octanol–water partition coefficient (Wildman–Crippen LogP) is 1.78. The summed E-state index contributed by atoms with van der Waals surface area (Å²) in [7, 11) is 0. The first-order valence-electron chi connectivity index (χ1n) is 6.47. The minimum absolute atomic E-state index is 0.0167. The third-order valence-corrected chi connectivity index (χ3v) is 3.03. The third kappa shape index (κ3) is 4.55. The van der Waals surface area contributed by atoms with E-state index in [9.17, 15) is 4.79 Å². The third-order valence-electron chi connectivity index (χ3n) is 3.03. The van der Waals surface area contributed by atoms with Crippen molar-refractivity contribution in [3.63, 3.8) is 0 Å². The first kappa shape index (κ1) is 15.5. The summed E-state index contributed by atoms with van der Waals surface area (Å²) in [5.41, 5.74) is 0.533. The van der Waals surface area contributed by atoms with Crippen LogP contribution in [0.5, 0.6) is 0 Å². The lowest BCUT2D eigenvalue weighted by Crippen LogP contribution is -2.40. The summed E-state index contributed by atoms with van der Waals surface area (Å²) >= 11 is 0. The number of nitrogens with zero attached hydrogens (tertiary/aromatic N) is 2. The van der Waals surface area contributed by atoms with Gasteiger partial charge in [0, 0.05) is 18.8 Å². The second kappa shape index (κ2) is 6.06. The van der Waals surface area contributed by atoms with Gasteiger partial charge < -0.3 is 15.7 Å². The summed E-state index contributed by atoms with van der Waals surface area (Å²) in [5.74, 6) is 0.0167. The molecule has 0 spiro atoms. The molecule has 1 rings (SSSR count). The molecule has 1 aromatic rings. The van der Waals surface area contributed by atoms with Gasteiger partial charge in [-0.2, -0.15) is 5.10 Å². The van der Waals surface area contributed by atoms with Crippen molar-refractivity contribution in [2.45, 2.75) is 46.2 Å². The molecule has 0 aliphatic carbocycles. The van der Waals surface area contributed by atoms with Crippen molar-refractivity contribution in [2.75, 3.05) is 11.9 Å². The molecule has 19 heavy (non-hydrogen) atoms. The number of carbonyl (C=O) groups is 1. The molecule has 0 aromatic carbocycles. The maximum atomic E-state index is 11.8. The van der Waals surface area contributed by atoms with Crippen LogP contribution >= 0.6 is 0 Å². The lowest BCUT2D eigenvalue weighted by Gasteiger charge is -2.19. The molecule has 0 saturated heterocycles. The van der Waals surface area contributed by atoms with E-state index in [1.807, 2.05) is 34.6 Å². The Hall–Kier alpha value is -1.56. The van der Waals surface area contributed by atoms with E-state index in [2.05, 4.69) is 15.7 Å². The van der Waals surface area contributed by atoms with Crippen LogP contribution in [0.15, 0.2) is 12.4 Å². The normalized spacial score (nSPS) is 14.8. The van der Waals surface area contributed by atoms with Crippen LogP contribution in [-0.4, -0.2) is 33.6 Å². The van der Waals surface area contributed by atoms with Crippen molar-refractivity contribution in [3.8, 4) is 0 Å². The van der Waals surface area contributed by atoms with Crippen LogP contribution in [-0.2, 0) is 5.54 Å². The Bertz CT molecular complexity index is 423. The Morgan fingerprint density at radius 2 is 2.11 bits per heavy atom. The van der Waals surface area contributed by atoms with E-state index in [0.29, 0.717) is 5.69 Å². The lowest BCUT2D eigenvalue weighted by atomic mass is 10.1. The van der Waals surface area contributed by atoms with Gasteiger partial charge in [0.2, 0.25) is 0 Å². The number of carbonyl (C=O) groups excluding carboxylic acids is 1. The van der Waals surface area contributed by atoms with Crippen LogP contribution in [0.2, 0.25) is 0 Å². The fraction of sp³-hybridized carbons (Fsp3) is 0.692. The van der Waals surface area contributed by atoms with Gasteiger partial charge in [-0.05, 0) is 33.6 Å². The maximum Gasteiger partial charge on any atom is 0.319 e. The van der Waals surface area contributed by atoms with Gasteiger partial charge in [-0.15, -0.1) is 0 Å². The molecule has 1 heterocycles. The lowest BCUT2D eigenvalue weighted by molar-refractivity contribution is 0.204. The molecule has 0 bridgehead atoms. The van der Waals surface area contributed by atoms with Crippen LogP contribution in [0, 0.1) is 5.92 Å². The molecule has 0 aliphatic rings. The number of aliphatic hydroxyl groups excluding tert-OH is 1. The zero-order chi connectivity index (χ0) is 14.6. The van der Waals surface area contributed by atoms with Crippen LogP contribution in [0.1, 0.15) is 34.6 Å². The number of urea groups is 1. The summed E-state index contributed by atoms with van der Waals surface area (Å²) in [6.45, 7) is 9.89. The molecule has 0 fully saturated rings. The standard InChI is InChI=1S/C13H24N4O2/c1-9(8-18)10(2)15-12(19)16-11-6-14-17(7-11)13(3,4)5/h6-7,9-10,18H,8H2,1-5H3,(H2,15,16,19). The van der Waals surface area contributed by atoms with Crippen molar-refractivity contribution in [2.24, 2.45) is 5.92 Å². The number of rotatable bonds is 4. The average Bonchev–Trinajstić information content (AvgIpc) is 2.75. The number of aliphatic hydroxyl groups is 1. The van der Waals surface area contributed by atoms with Crippen molar-refractivity contribution < 1.29 is 9.90 Å². The van der Waals surface area contributed by atoms with Crippen LogP contribution in [0.4, 0.5) is 10.5 Å². The number of anilines is 1. The molecule has 3 N–H and O–H groups in total.